The third-order valence-electron chi connectivity index (χ3n) is 9.11. The minimum Gasteiger partial charge on any atom is -0.451 e. The first-order valence-corrected chi connectivity index (χ1v) is 15.7. The van der Waals surface area contributed by atoms with E-state index in [0.717, 1.165) is 75.9 Å². The molecule has 2 aliphatic heterocycles. The van der Waals surface area contributed by atoms with E-state index in [-0.39, 0.29) is 23.7 Å². The van der Waals surface area contributed by atoms with Crippen LogP contribution in [0.5, 0.6) is 0 Å². The summed E-state index contributed by atoms with van der Waals surface area (Å²) >= 11 is 0. The molecular weight excluding hydrogens is 562 g/mol. The van der Waals surface area contributed by atoms with Gasteiger partial charge in [0.15, 0.2) is 11.4 Å². The van der Waals surface area contributed by atoms with Gasteiger partial charge < -0.3 is 9.73 Å². The van der Waals surface area contributed by atoms with Gasteiger partial charge in [-0.2, -0.15) is 5.26 Å². The fraction of sp³-hybridized carbons (Fsp3) is 0.351. The quantitative estimate of drug-likeness (QED) is 0.228. The molecule has 0 radical (unpaired) electrons. The van der Waals surface area contributed by atoms with Crippen molar-refractivity contribution in [2.24, 2.45) is 5.92 Å². The van der Waals surface area contributed by atoms with Gasteiger partial charge in [0.25, 0.3) is 5.91 Å². The monoisotopic (exact) mass is 599 g/mol. The van der Waals surface area contributed by atoms with Crippen LogP contribution in [0, 0.1) is 23.8 Å². The summed E-state index contributed by atoms with van der Waals surface area (Å²) in [6.07, 6.45) is 3.82. The van der Waals surface area contributed by atoms with Gasteiger partial charge in [0.05, 0.1) is 18.2 Å². The van der Waals surface area contributed by atoms with E-state index in [0.29, 0.717) is 29.0 Å². The van der Waals surface area contributed by atoms with E-state index in [9.17, 15) is 9.59 Å². The van der Waals surface area contributed by atoms with Crippen LogP contribution < -0.4 is 5.32 Å². The maximum atomic E-state index is 13.2. The molecule has 1 N–H and O–H groups in total. The molecule has 3 aromatic carbocycles. The standard InChI is InChI=1S/C37H37N5O3/c1-39-32-9-6-28(7-10-32)25-41-16-12-30(13-17-41)34(43)21-29-8-11-35-31(20-29)22-36(45-35)37(44)40-33-14-18-42(19-15-33)24-27-4-2-26(23-38)3-5-27/h2-11,20,22,30,33H,12-19,21,24-25H2,(H,40,44). The lowest BCUT2D eigenvalue weighted by atomic mass is 9.89. The summed E-state index contributed by atoms with van der Waals surface area (Å²) in [6.45, 7) is 12.3. The third-order valence-corrected chi connectivity index (χ3v) is 9.11. The molecule has 6 rings (SSSR count). The lowest BCUT2D eigenvalue weighted by Gasteiger charge is -2.32. The number of Topliss-reactive ketones (excluding diaryl/α,β-unsaturated/α-hetero) is 1. The van der Waals surface area contributed by atoms with Crippen molar-refractivity contribution in [1.29, 1.82) is 5.26 Å². The first-order valence-electron chi connectivity index (χ1n) is 15.7. The number of hydrogen-bond acceptors (Lipinski definition) is 6. The zero-order valence-electron chi connectivity index (χ0n) is 25.4. The largest absolute Gasteiger partial charge is 0.451 e. The number of furan rings is 1. The van der Waals surface area contributed by atoms with Gasteiger partial charge in [-0.25, -0.2) is 4.85 Å². The second-order valence-corrected chi connectivity index (χ2v) is 12.3. The average molecular weight is 600 g/mol. The summed E-state index contributed by atoms with van der Waals surface area (Å²) in [5, 5.41) is 13.0. The molecule has 4 aromatic rings. The van der Waals surface area contributed by atoms with Gasteiger partial charge >= 0.3 is 0 Å². The second-order valence-electron chi connectivity index (χ2n) is 12.3. The molecule has 2 aliphatic rings. The zero-order chi connectivity index (χ0) is 31.2. The summed E-state index contributed by atoms with van der Waals surface area (Å²) < 4.78 is 5.89. The highest BCUT2D eigenvalue weighted by molar-refractivity contribution is 5.96. The number of piperidine rings is 2. The molecule has 0 saturated carbocycles. The van der Waals surface area contributed by atoms with Crippen LogP contribution in [-0.4, -0.2) is 53.7 Å². The number of carbonyl (C=O) groups excluding carboxylic acids is 2. The molecule has 1 aromatic heterocycles. The van der Waals surface area contributed by atoms with E-state index in [4.69, 9.17) is 16.3 Å². The Morgan fingerprint density at radius 1 is 0.844 bits per heavy atom. The topological polar surface area (TPSA) is 93.9 Å². The first-order chi connectivity index (χ1) is 21.9. The van der Waals surface area contributed by atoms with Crippen LogP contribution in [-0.2, 0) is 24.3 Å². The van der Waals surface area contributed by atoms with E-state index < -0.39 is 0 Å². The second kappa shape index (κ2) is 13.9. The highest BCUT2D eigenvalue weighted by atomic mass is 16.3. The number of hydrogen-bond donors (Lipinski definition) is 1. The average Bonchev–Trinajstić information content (AvgIpc) is 3.50. The van der Waals surface area contributed by atoms with Crippen LogP contribution in [0.3, 0.4) is 0 Å². The summed E-state index contributed by atoms with van der Waals surface area (Å²) in [6, 6.07) is 25.2. The smallest absolute Gasteiger partial charge is 0.287 e. The normalized spacial score (nSPS) is 16.7. The predicted octanol–water partition coefficient (Wildman–Crippen LogP) is 6.27. The summed E-state index contributed by atoms with van der Waals surface area (Å²) in [4.78, 5) is 34.4. The lowest BCUT2D eigenvalue weighted by molar-refractivity contribution is -0.123. The number of ketones is 1. The Bertz CT molecular complexity index is 1730. The molecule has 8 nitrogen and oxygen atoms in total. The molecule has 0 unspecified atom stereocenters. The molecule has 0 spiro atoms. The Hall–Kier alpha value is -4.76. The SMILES string of the molecule is [C-]#[N+]c1ccc(CN2CCC(C(=O)Cc3ccc4oc(C(=O)NC5CCN(Cc6ccc(C#N)cc6)CC5)cc4c3)CC2)cc1. The fourth-order valence-electron chi connectivity index (χ4n) is 6.44. The number of rotatable bonds is 9. The molecule has 45 heavy (non-hydrogen) atoms. The predicted molar refractivity (Wildman–Crippen MR) is 173 cm³/mol. The van der Waals surface area contributed by atoms with E-state index >= 15 is 0 Å². The van der Waals surface area contributed by atoms with Gasteiger partial charge in [-0.1, -0.05) is 42.5 Å². The van der Waals surface area contributed by atoms with E-state index in [1.165, 1.54) is 11.1 Å². The number of nitriles is 1. The Kier molecular flexibility index (Phi) is 9.35. The van der Waals surface area contributed by atoms with Crippen molar-refractivity contribution in [2.75, 3.05) is 26.2 Å². The number of nitrogens with one attached hydrogen (secondary N) is 1. The van der Waals surface area contributed by atoms with Crippen molar-refractivity contribution < 1.29 is 14.0 Å². The molecule has 0 bridgehead atoms. The Morgan fingerprint density at radius 2 is 1.44 bits per heavy atom. The van der Waals surface area contributed by atoms with Crippen LogP contribution in [0.25, 0.3) is 15.8 Å². The number of nitrogens with zero attached hydrogens (tertiary/aromatic N) is 4. The van der Waals surface area contributed by atoms with Gasteiger partial charge in [-0.15, -0.1) is 0 Å². The van der Waals surface area contributed by atoms with Crippen molar-refractivity contribution in [3.05, 3.63) is 112 Å². The molecular formula is C37H37N5O3. The molecule has 0 aliphatic carbocycles. The van der Waals surface area contributed by atoms with Gasteiger partial charge in [-0.3, -0.25) is 19.4 Å². The molecule has 3 heterocycles. The van der Waals surface area contributed by atoms with Gasteiger partial charge in [0, 0.05) is 49.9 Å². The number of benzene rings is 3. The molecule has 8 heteroatoms. The Balaban J connectivity index is 0.964. The van der Waals surface area contributed by atoms with Crippen molar-refractivity contribution >= 4 is 28.3 Å². The first kappa shape index (κ1) is 30.3. The number of amides is 1. The minimum atomic E-state index is -0.205. The zero-order valence-corrected chi connectivity index (χ0v) is 25.4. The molecule has 2 fully saturated rings. The third kappa shape index (κ3) is 7.67. The summed E-state index contributed by atoms with van der Waals surface area (Å²) in [5.41, 5.74) is 5.28. The molecule has 228 valence electrons. The van der Waals surface area contributed by atoms with Gasteiger partial charge in [0.1, 0.15) is 11.4 Å². The summed E-state index contributed by atoms with van der Waals surface area (Å²) in [5.74, 6) is 0.415. The number of likely N-dealkylation sites (tertiary alicyclic amines) is 2. The lowest BCUT2D eigenvalue weighted by Crippen LogP contribution is -2.44. The van der Waals surface area contributed by atoms with Crippen LogP contribution in [0.1, 0.15) is 58.5 Å². The van der Waals surface area contributed by atoms with Crippen LogP contribution in [0.15, 0.2) is 77.2 Å². The van der Waals surface area contributed by atoms with E-state index in [1.807, 2.05) is 66.7 Å². The summed E-state index contributed by atoms with van der Waals surface area (Å²) in [7, 11) is 0. The van der Waals surface area contributed by atoms with Crippen LogP contribution in [0.2, 0.25) is 0 Å². The van der Waals surface area contributed by atoms with Gasteiger partial charge in [-0.05, 0) is 85.8 Å². The van der Waals surface area contributed by atoms with Gasteiger partial charge in [0.2, 0.25) is 0 Å². The van der Waals surface area contributed by atoms with Crippen molar-refractivity contribution in [2.45, 2.75) is 51.2 Å². The van der Waals surface area contributed by atoms with Crippen molar-refractivity contribution in [3.8, 4) is 6.07 Å². The fourth-order valence-corrected chi connectivity index (χ4v) is 6.44. The maximum Gasteiger partial charge on any atom is 0.287 e. The highest BCUT2D eigenvalue weighted by Crippen LogP contribution is 2.25. The van der Waals surface area contributed by atoms with Crippen LogP contribution >= 0.6 is 0 Å². The van der Waals surface area contributed by atoms with E-state index in [2.05, 4.69) is 26.0 Å². The Labute approximate surface area is 264 Å². The number of carbonyl (C=O) groups is 2. The Morgan fingerprint density at radius 3 is 2.07 bits per heavy atom. The maximum absolute atomic E-state index is 13.2. The highest BCUT2D eigenvalue weighted by Gasteiger charge is 2.26. The van der Waals surface area contributed by atoms with E-state index in [1.54, 1.807) is 6.07 Å². The molecule has 0 atom stereocenters. The minimum absolute atomic E-state index is 0.0580. The number of fused-ring (bicyclic) bond motifs is 1. The molecule has 1 amide bonds. The van der Waals surface area contributed by atoms with Crippen LogP contribution in [0.4, 0.5) is 5.69 Å². The van der Waals surface area contributed by atoms with Crippen molar-refractivity contribution in [1.82, 2.24) is 15.1 Å². The molecule has 2 saturated heterocycles. The van der Waals surface area contributed by atoms with Crippen molar-refractivity contribution in [3.63, 3.8) is 0 Å².